The summed E-state index contributed by atoms with van der Waals surface area (Å²) in [6, 6.07) is 4.88. The Morgan fingerprint density at radius 3 is 2.50 bits per heavy atom. The first-order chi connectivity index (χ1) is 17.0. The Kier molecular flexibility index (Phi) is 10.7. The van der Waals surface area contributed by atoms with E-state index >= 15 is 0 Å². The fourth-order valence-electron chi connectivity index (χ4n) is 4.66. The van der Waals surface area contributed by atoms with Crippen molar-refractivity contribution in [2.75, 3.05) is 27.2 Å². The average molecular weight is 506 g/mol. The first-order valence-corrected chi connectivity index (χ1v) is 12.4. The lowest BCUT2D eigenvalue weighted by Crippen LogP contribution is -2.53. The van der Waals surface area contributed by atoms with Crippen molar-refractivity contribution in [1.82, 2.24) is 15.5 Å². The molecule has 1 heterocycles. The SMILES string of the molecule is CCC1(c2cccc(OC(=O)C[C@H](NC(=O)OC)C(=O)N[C@H](C(=O)O)C(C)C)c2)CCCCN(C)C1. The van der Waals surface area contributed by atoms with Crippen molar-refractivity contribution < 1.29 is 33.8 Å². The summed E-state index contributed by atoms with van der Waals surface area (Å²) in [6.45, 7) is 7.40. The van der Waals surface area contributed by atoms with Gasteiger partial charge in [0.05, 0.1) is 13.5 Å². The second-order valence-electron chi connectivity index (χ2n) is 9.79. The number of methoxy groups -OCH3 is 1. The molecule has 2 rings (SSSR count). The number of amides is 2. The van der Waals surface area contributed by atoms with Gasteiger partial charge in [0.1, 0.15) is 17.8 Å². The van der Waals surface area contributed by atoms with Crippen LogP contribution in [0.1, 0.15) is 58.4 Å². The summed E-state index contributed by atoms with van der Waals surface area (Å²) >= 11 is 0. The van der Waals surface area contributed by atoms with E-state index in [1.807, 2.05) is 18.2 Å². The summed E-state index contributed by atoms with van der Waals surface area (Å²) < 4.78 is 10.1. The maximum Gasteiger partial charge on any atom is 0.407 e. The van der Waals surface area contributed by atoms with Crippen molar-refractivity contribution in [2.24, 2.45) is 5.92 Å². The number of hydrogen-bond donors (Lipinski definition) is 3. The molecule has 1 fully saturated rings. The number of rotatable bonds is 10. The van der Waals surface area contributed by atoms with Crippen molar-refractivity contribution in [3.63, 3.8) is 0 Å². The average Bonchev–Trinajstić information content (AvgIpc) is 3.03. The second kappa shape index (κ2) is 13.2. The molecule has 1 aliphatic rings. The van der Waals surface area contributed by atoms with E-state index in [9.17, 15) is 24.3 Å². The molecule has 10 heteroatoms. The van der Waals surface area contributed by atoms with Crippen LogP contribution >= 0.6 is 0 Å². The van der Waals surface area contributed by atoms with Crippen LogP contribution < -0.4 is 15.4 Å². The lowest BCUT2D eigenvalue weighted by atomic mass is 9.74. The number of ether oxygens (including phenoxy) is 2. The monoisotopic (exact) mass is 505 g/mol. The van der Waals surface area contributed by atoms with E-state index in [2.05, 4.69) is 34.2 Å². The Morgan fingerprint density at radius 1 is 1.17 bits per heavy atom. The molecule has 3 N–H and O–H groups in total. The number of likely N-dealkylation sites (N-methyl/N-ethyl adjacent to an activating group) is 1. The molecule has 200 valence electrons. The fraction of sp³-hybridized carbons (Fsp3) is 0.615. The number of carboxylic acids is 1. The zero-order chi connectivity index (χ0) is 26.9. The van der Waals surface area contributed by atoms with Crippen LogP contribution in [-0.4, -0.2) is 73.3 Å². The molecule has 3 atom stereocenters. The van der Waals surface area contributed by atoms with E-state index < -0.39 is 48.4 Å². The lowest BCUT2D eigenvalue weighted by Gasteiger charge is -2.35. The van der Waals surface area contributed by atoms with E-state index in [-0.39, 0.29) is 5.41 Å². The molecule has 0 saturated carbocycles. The molecule has 0 radical (unpaired) electrons. The van der Waals surface area contributed by atoms with Crippen LogP contribution in [0.15, 0.2) is 24.3 Å². The van der Waals surface area contributed by atoms with Gasteiger partial charge in [0.15, 0.2) is 0 Å². The molecule has 0 spiro atoms. The van der Waals surface area contributed by atoms with Gasteiger partial charge in [-0.25, -0.2) is 9.59 Å². The zero-order valence-corrected chi connectivity index (χ0v) is 21.8. The summed E-state index contributed by atoms with van der Waals surface area (Å²) in [4.78, 5) is 51.1. The predicted molar refractivity (Wildman–Crippen MR) is 134 cm³/mol. The number of aliphatic carboxylic acids is 1. The zero-order valence-electron chi connectivity index (χ0n) is 21.8. The van der Waals surface area contributed by atoms with Crippen molar-refractivity contribution in [3.8, 4) is 5.75 Å². The quantitative estimate of drug-likeness (QED) is 0.326. The molecule has 0 bridgehead atoms. The van der Waals surface area contributed by atoms with Gasteiger partial charge < -0.3 is 30.1 Å². The third-order valence-electron chi connectivity index (χ3n) is 6.77. The Labute approximate surface area is 212 Å². The minimum atomic E-state index is -1.37. The second-order valence-corrected chi connectivity index (χ2v) is 9.79. The maximum absolute atomic E-state index is 12.8. The van der Waals surface area contributed by atoms with Crippen molar-refractivity contribution in [2.45, 2.75) is 70.4 Å². The number of carbonyl (C=O) groups excluding carboxylic acids is 3. The van der Waals surface area contributed by atoms with Gasteiger partial charge in [0, 0.05) is 12.0 Å². The van der Waals surface area contributed by atoms with Crippen LogP contribution in [0.4, 0.5) is 4.79 Å². The van der Waals surface area contributed by atoms with Crippen LogP contribution in [0.3, 0.4) is 0 Å². The third-order valence-corrected chi connectivity index (χ3v) is 6.77. The highest BCUT2D eigenvalue weighted by Gasteiger charge is 2.34. The number of nitrogens with zero attached hydrogens (tertiary/aromatic N) is 1. The van der Waals surface area contributed by atoms with E-state index in [1.54, 1.807) is 19.9 Å². The van der Waals surface area contributed by atoms with Crippen molar-refractivity contribution >= 4 is 23.9 Å². The number of alkyl carbamates (subject to hydrolysis) is 1. The Bertz CT molecular complexity index is 936. The number of esters is 1. The van der Waals surface area contributed by atoms with E-state index in [0.29, 0.717) is 5.75 Å². The number of likely N-dealkylation sites (tertiary alicyclic amines) is 1. The highest BCUT2D eigenvalue weighted by Crippen LogP contribution is 2.37. The lowest BCUT2D eigenvalue weighted by molar-refractivity contribution is -0.143. The number of hydrogen-bond acceptors (Lipinski definition) is 7. The minimum absolute atomic E-state index is 0.0504. The Balaban J connectivity index is 2.18. The molecular weight excluding hydrogens is 466 g/mol. The first kappa shape index (κ1) is 29.1. The van der Waals surface area contributed by atoms with Crippen LogP contribution in [0.5, 0.6) is 5.75 Å². The summed E-state index contributed by atoms with van der Waals surface area (Å²) in [5, 5.41) is 14.0. The van der Waals surface area contributed by atoms with E-state index in [1.165, 1.54) is 0 Å². The number of carboxylic acid groups (broad SMARTS) is 1. The Morgan fingerprint density at radius 2 is 1.89 bits per heavy atom. The number of benzene rings is 1. The molecular formula is C26H39N3O7. The molecule has 1 aromatic carbocycles. The Hall–Kier alpha value is -3.14. The minimum Gasteiger partial charge on any atom is -0.480 e. The smallest absolute Gasteiger partial charge is 0.407 e. The number of nitrogens with one attached hydrogen (secondary N) is 2. The van der Waals surface area contributed by atoms with Gasteiger partial charge in [0.2, 0.25) is 5.91 Å². The van der Waals surface area contributed by atoms with Crippen molar-refractivity contribution in [1.29, 1.82) is 0 Å². The number of carbonyl (C=O) groups is 4. The molecule has 0 aliphatic carbocycles. The van der Waals surface area contributed by atoms with Crippen molar-refractivity contribution in [3.05, 3.63) is 29.8 Å². The third kappa shape index (κ3) is 7.94. The molecule has 36 heavy (non-hydrogen) atoms. The molecule has 1 saturated heterocycles. The van der Waals surface area contributed by atoms with Gasteiger partial charge in [-0.2, -0.15) is 0 Å². The van der Waals surface area contributed by atoms with Gasteiger partial charge in [-0.05, 0) is 56.5 Å². The summed E-state index contributed by atoms with van der Waals surface area (Å²) in [5.41, 5.74) is 1.04. The topological polar surface area (TPSA) is 134 Å². The first-order valence-electron chi connectivity index (χ1n) is 12.4. The standard InChI is InChI=1S/C26H39N3O7/c1-6-26(12-7-8-13-29(4)16-26)18-10-9-11-19(14-18)36-21(30)15-20(27-25(34)35-5)23(31)28-22(17(2)3)24(32)33/h9-11,14,17,20,22H,6-8,12-13,15-16H2,1-5H3,(H,27,34)(H,28,31)(H,32,33)/t20-,22-,26?/m0/s1. The normalized spacial score (nSPS) is 20.1. The van der Waals surface area contributed by atoms with Crippen LogP contribution in [0, 0.1) is 5.92 Å². The fourth-order valence-corrected chi connectivity index (χ4v) is 4.66. The highest BCUT2D eigenvalue weighted by molar-refractivity contribution is 5.92. The molecule has 0 aromatic heterocycles. The maximum atomic E-state index is 12.8. The molecule has 1 aromatic rings. The van der Waals surface area contributed by atoms with Crippen LogP contribution in [0.25, 0.3) is 0 Å². The summed E-state index contributed by atoms with van der Waals surface area (Å²) in [7, 11) is 3.24. The molecule has 2 amide bonds. The van der Waals surface area contributed by atoms with Gasteiger partial charge in [-0.15, -0.1) is 0 Å². The van der Waals surface area contributed by atoms with Crippen LogP contribution in [-0.2, 0) is 24.5 Å². The summed E-state index contributed by atoms with van der Waals surface area (Å²) in [5.74, 6) is -2.85. The molecule has 1 unspecified atom stereocenters. The van der Waals surface area contributed by atoms with Gasteiger partial charge in [0.25, 0.3) is 0 Å². The van der Waals surface area contributed by atoms with Gasteiger partial charge >= 0.3 is 18.0 Å². The molecule has 1 aliphatic heterocycles. The van der Waals surface area contributed by atoms with Crippen LogP contribution in [0.2, 0.25) is 0 Å². The summed E-state index contributed by atoms with van der Waals surface area (Å²) in [6.07, 6.45) is 2.81. The predicted octanol–water partition coefficient (Wildman–Crippen LogP) is 2.70. The molecule has 10 nitrogen and oxygen atoms in total. The van der Waals surface area contributed by atoms with Gasteiger partial charge in [-0.3, -0.25) is 9.59 Å². The van der Waals surface area contributed by atoms with Gasteiger partial charge in [-0.1, -0.05) is 39.3 Å². The highest BCUT2D eigenvalue weighted by atomic mass is 16.5. The largest absolute Gasteiger partial charge is 0.480 e. The van der Waals surface area contributed by atoms with E-state index in [0.717, 1.165) is 51.4 Å². The van der Waals surface area contributed by atoms with E-state index in [4.69, 9.17) is 4.74 Å².